The van der Waals surface area contributed by atoms with E-state index < -0.39 is 63.6 Å². The molecule has 0 aliphatic carbocycles. The van der Waals surface area contributed by atoms with Crippen LogP contribution in [0.2, 0.25) is 10.0 Å². The third kappa shape index (κ3) is 8.08. The van der Waals surface area contributed by atoms with Crippen molar-refractivity contribution in [3.05, 3.63) is 104 Å². The Morgan fingerprint density at radius 2 is 1.43 bits per heavy atom. The summed E-state index contributed by atoms with van der Waals surface area (Å²) in [5, 5.41) is 3.46. The molecule has 1 aliphatic rings. The summed E-state index contributed by atoms with van der Waals surface area (Å²) in [6, 6.07) is 10.5. The van der Waals surface area contributed by atoms with E-state index in [4.69, 9.17) is 33.7 Å². The number of hydrogen-bond donors (Lipinski definition) is 2. The SMILES string of the molecule is CC1(C)CC(N)CC(C)(C)N1C(=O)[C@H](Cc1ccc(OCc2c(Cl)cccc2Cl)cc1)NC(=O)/C=C/c1c(F)c(F)c(F)c(F)c1F. The van der Waals surface area contributed by atoms with Gasteiger partial charge in [-0.05, 0) is 76.4 Å². The fourth-order valence-electron chi connectivity index (χ4n) is 6.24. The third-order valence-electron chi connectivity index (χ3n) is 8.02. The standard InChI is InChI=1S/C34H34Cl2F5N3O3/c1-33(2)15-19(42)16-34(3,4)44(33)32(46)25(43-26(45)13-12-21-27(37)29(39)31(41)30(40)28(21)38)14-18-8-10-20(11-9-18)47-17-22-23(35)6-5-7-24(22)36/h5-13,19,25H,14-17,42H2,1-4H3,(H,43,45)/b13-12+/t25-/m0/s1. The average Bonchev–Trinajstić information content (AvgIpc) is 2.97. The van der Waals surface area contributed by atoms with Gasteiger partial charge < -0.3 is 20.7 Å². The molecule has 6 nitrogen and oxygen atoms in total. The molecule has 3 aromatic carbocycles. The Hall–Kier alpha value is -3.67. The number of carbonyl (C=O) groups is 2. The Balaban J connectivity index is 1.60. The Kier molecular flexibility index (Phi) is 10.9. The smallest absolute Gasteiger partial charge is 0.246 e. The van der Waals surface area contributed by atoms with Crippen molar-refractivity contribution < 1.29 is 36.3 Å². The molecule has 0 spiro atoms. The number of piperidine rings is 1. The molecule has 1 fully saturated rings. The number of carbonyl (C=O) groups excluding carboxylic acids is 2. The number of rotatable bonds is 9. The van der Waals surface area contributed by atoms with Crippen LogP contribution in [-0.2, 0) is 22.6 Å². The molecule has 0 aromatic heterocycles. The van der Waals surface area contributed by atoms with Crippen molar-refractivity contribution in [2.24, 2.45) is 5.73 Å². The molecule has 3 N–H and O–H groups in total. The number of ether oxygens (including phenoxy) is 1. The first-order valence-electron chi connectivity index (χ1n) is 14.7. The Labute approximate surface area is 279 Å². The topological polar surface area (TPSA) is 84.7 Å². The molecule has 252 valence electrons. The van der Waals surface area contributed by atoms with Crippen LogP contribution in [0.4, 0.5) is 22.0 Å². The van der Waals surface area contributed by atoms with Crippen LogP contribution in [0.1, 0.15) is 57.2 Å². The predicted molar refractivity (Wildman–Crippen MR) is 170 cm³/mol. The highest BCUT2D eigenvalue weighted by molar-refractivity contribution is 6.35. The van der Waals surface area contributed by atoms with Crippen LogP contribution in [0.3, 0.4) is 0 Å². The summed E-state index contributed by atoms with van der Waals surface area (Å²) in [6.07, 6.45) is 2.05. The van der Waals surface area contributed by atoms with Gasteiger partial charge in [0, 0.05) is 45.2 Å². The highest BCUT2D eigenvalue weighted by Gasteiger charge is 2.48. The maximum atomic E-state index is 14.2. The zero-order valence-corrected chi connectivity index (χ0v) is 27.6. The van der Waals surface area contributed by atoms with Gasteiger partial charge in [-0.2, -0.15) is 0 Å². The number of nitrogens with zero attached hydrogens (tertiary/aromatic N) is 1. The summed E-state index contributed by atoms with van der Waals surface area (Å²) >= 11 is 12.4. The van der Waals surface area contributed by atoms with Gasteiger partial charge in [0.25, 0.3) is 0 Å². The fraction of sp³-hybridized carbons (Fsp3) is 0.353. The monoisotopic (exact) mass is 697 g/mol. The summed E-state index contributed by atoms with van der Waals surface area (Å²) in [7, 11) is 0. The van der Waals surface area contributed by atoms with Crippen molar-refractivity contribution in [2.45, 2.75) is 76.7 Å². The van der Waals surface area contributed by atoms with Gasteiger partial charge in [-0.15, -0.1) is 0 Å². The summed E-state index contributed by atoms with van der Waals surface area (Å²) in [5.41, 5.74) is 4.82. The van der Waals surface area contributed by atoms with E-state index in [1.807, 2.05) is 27.7 Å². The maximum Gasteiger partial charge on any atom is 0.246 e. The van der Waals surface area contributed by atoms with Crippen LogP contribution in [0, 0.1) is 29.1 Å². The van der Waals surface area contributed by atoms with E-state index in [9.17, 15) is 31.5 Å². The van der Waals surface area contributed by atoms with E-state index in [1.54, 1.807) is 47.4 Å². The molecule has 1 heterocycles. The van der Waals surface area contributed by atoms with E-state index >= 15 is 0 Å². The molecule has 0 unspecified atom stereocenters. The summed E-state index contributed by atoms with van der Waals surface area (Å²) in [6.45, 7) is 7.57. The number of halogens is 7. The minimum Gasteiger partial charge on any atom is -0.489 e. The molecular weight excluding hydrogens is 664 g/mol. The molecule has 2 amide bonds. The number of hydrogen-bond acceptors (Lipinski definition) is 4. The van der Waals surface area contributed by atoms with E-state index in [0.717, 1.165) is 0 Å². The molecule has 13 heteroatoms. The van der Waals surface area contributed by atoms with Crippen LogP contribution >= 0.6 is 23.2 Å². The molecular formula is C34H34Cl2F5N3O3. The second-order valence-corrected chi connectivity index (χ2v) is 13.5. The first kappa shape index (κ1) is 36.2. The van der Waals surface area contributed by atoms with E-state index in [2.05, 4.69) is 5.32 Å². The summed E-state index contributed by atoms with van der Waals surface area (Å²) in [4.78, 5) is 28.9. The largest absolute Gasteiger partial charge is 0.489 e. The van der Waals surface area contributed by atoms with E-state index in [1.165, 1.54) is 0 Å². The van der Waals surface area contributed by atoms with Crippen molar-refractivity contribution in [2.75, 3.05) is 0 Å². The van der Waals surface area contributed by atoms with E-state index in [0.29, 0.717) is 51.9 Å². The Morgan fingerprint density at radius 1 is 0.915 bits per heavy atom. The number of likely N-dealkylation sites (tertiary alicyclic amines) is 1. The highest BCUT2D eigenvalue weighted by atomic mass is 35.5. The van der Waals surface area contributed by atoms with Crippen molar-refractivity contribution in [3.8, 4) is 5.75 Å². The summed E-state index contributed by atoms with van der Waals surface area (Å²) in [5.74, 6) is -11.8. The fourth-order valence-corrected chi connectivity index (χ4v) is 6.75. The molecule has 0 saturated carbocycles. The average molecular weight is 699 g/mol. The van der Waals surface area contributed by atoms with E-state index in [-0.39, 0.29) is 19.1 Å². The third-order valence-corrected chi connectivity index (χ3v) is 8.73. The molecule has 47 heavy (non-hydrogen) atoms. The van der Waals surface area contributed by atoms with Crippen LogP contribution in [0.15, 0.2) is 48.5 Å². The van der Waals surface area contributed by atoms with Gasteiger partial charge in [-0.25, -0.2) is 22.0 Å². The zero-order chi connectivity index (χ0) is 34.8. The first-order chi connectivity index (χ1) is 21.9. The van der Waals surface area contributed by atoms with Crippen molar-refractivity contribution >= 4 is 41.1 Å². The molecule has 0 bridgehead atoms. The number of nitrogens with two attached hydrogens (primary N) is 1. The van der Waals surface area contributed by atoms with Gasteiger partial charge >= 0.3 is 0 Å². The molecule has 1 aliphatic heterocycles. The Morgan fingerprint density at radius 3 is 1.96 bits per heavy atom. The lowest BCUT2D eigenvalue weighted by molar-refractivity contribution is -0.153. The highest BCUT2D eigenvalue weighted by Crippen LogP contribution is 2.38. The minimum atomic E-state index is -2.32. The number of nitrogens with one attached hydrogen (secondary N) is 1. The van der Waals surface area contributed by atoms with Crippen molar-refractivity contribution in [3.63, 3.8) is 0 Å². The second kappa shape index (κ2) is 14.2. The summed E-state index contributed by atoms with van der Waals surface area (Å²) < 4.78 is 75.1. The van der Waals surface area contributed by atoms with Crippen LogP contribution in [-0.4, -0.2) is 39.9 Å². The lowest BCUT2D eigenvalue weighted by Gasteiger charge is -2.55. The van der Waals surface area contributed by atoms with Crippen LogP contribution in [0.25, 0.3) is 6.08 Å². The van der Waals surface area contributed by atoms with Crippen LogP contribution < -0.4 is 15.8 Å². The molecule has 1 saturated heterocycles. The zero-order valence-electron chi connectivity index (χ0n) is 26.1. The van der Waals surface area contributed by atoms with Gasteiger partial charge in [-0.3, -0.25) is 9.59 Å². The normalized spacial score (nSPS) is 16.7. The van der Waals surface area contributed by atoms with Gasteiger partial charge in [0.2, 0.25) is 17.6 Å². The lowest BCUT2D eigenvalue weighted by Crippen LogP contribution is -2.68. The van der Waals surface area contributed by atoms with Gasteiger partial charge in [0.05, 0.1) is 5.56 Å². The van der Waals surface area contributed by atoms with Gasteiger partial charge in [-0.1, -0.05) is 41.4 Å². The molecule has 4 rings (SSSR count). The first-order valence-corrected chi connectivity index (χ1v) is 15.4. The number of amides is 2. The predicted octanol–water partition coefficient (Wildman–Crippen LogP) is 7.52. The molecule has 1 atom stereocenters. The number of benzene rings is 3. The molecule has 0 radical (unpaired) electrons. The quantitative estimate of drug-likeness (QED) is 0.105. The lowest BCUT2D eigenvalue weighted by atomic mass is 9.76. The molecule has 3 aromatic rings. The minimum absolute atomic E-state index is 0.00766. The van der Waals surface area contributed by atoms with Gasteiger partial charge in [0.1, 0.15) is 18.4 Å². The Bertz CT molecular complexity index is 1630. The second-order valence-electron chi connectivity index (χ2n) is 12.7. The maximum absolute atomic E-state index is 14.2. The van der Waals surface area contributed by atoms with Gasteiger partial charge in [0.15, 0.2) is 23.3 Å². The van der Waals surface area contributed by atoms with Crippen molar-refractivity contribution in [1.29, 1.82) is 0 Å². The van der Waals surface area contributed by atoms with Crippen molar-refractivity contribution in [1.82, 2.24) is 10.2 Å². The van der Waals surface area contributed by atoms with Crippen LogP contribution in [0.5, 0.6) is 5.75 Å².